The summed E-state index contributed by atoms with van der Waals surface area (Å²) in [6.45, 7) is 5.18. The first-order chi connectivity index (χ1) is 15.6. The second kappa shape index (κ2) is 12.2. The van der Waals surface area contributed by atoms with Crippen molar-refractivity contribution in [1.29, 1.82) is 0 Å². The number of amides is 1. The molecule has 0 radical (unpaired) electrons. The predicted octanol–water partition coefficient (Wildman–Crippen LogP) is 5.37. The van der Waals surface area contributed by atoms with Gasteiger partial charge >= 0.3 is 0 Å². The number of ether oxygens (including phenoxy) is 3. The highest BCUT2D eigenvalue weighted by Crippen LogP contribution is 2.18. The van der Waals surface area contributed by atoms with Crippen LogP contribution in [0.25, 0.3) is 0 Å². The Kier molecular flexibility index (Phi) is 8.80. The summed E-state index contributed by atoms with van der Waals surface area (Å²) in [5, 5.41) is 5.98. The van der Waals surface area contributed by atoms with Crippen molar-refractivity contribution in [3.63, 3.8) is 0 Å². The van der Waals surface area contributed by atoms with E-state index in [0.717, 1.165) is 29.4 Å². The molecule has 1 amide bonds. The molecule has 3 aromatic carbocycles. The number of benzene rings is 3. The number of hydrogen-bond donors (Lipinski definition) is 2. The highest BCUT2D eigenvalue weighted by molar-refractivity contribution is 5.93. The van der Waals surface area contributed by atoms with Gasteiger partial charge in [-0.15, -0.1) is 0 Å². The molecule has 1 unspecified atom stereocenters. The van der Waals surface area contributed by atoms with Gasteiger partial charge in [0.15, 0.2) is 0 Å². The van der Waals surface area contributed by atoms with Crippen molar-refractivity contribution in [2.75, 3.05) is 30.4 Å². The summed E-state index contributed by atoms with van der Waals surface area (Å²) >= 11 is 0. The predicted molar refractivity (Wildman–Crippen MR) is 128 cm³/mol. The molecule has 0 aromatic heterocycles. The topological polar surface area (TPSA) is 68.8 Å². The third kappa shape index (κ3) is 7.87. The van der Waals surface area contributed by atoms with E-state index in [-0.39, 0.29) is 18.6 Å². The van der Waals surface area contributed by atoms with E-state index in [4.69, 9.17) is 14.2 Å². The smallest absolute Gasteiger partial charge is 0.243 e. The van der Waals surface area contributed by atoms with Crippen LogP contribution in [0, 0.1) is 0 Å². The molecule has 0 bridgehead atoms. The van der Waals surface area contributed by atoms with Gasteiger partial charge in [0.25, 0.3) is 0 Å². The van der Waals surface area contributed by atoms with Gasteiger partial charge in [0.1, 0.15) is 30.5 Å². The zero-order chi connectivity index (χ0) is 22.6. The standard InChI is InChI=1S/C26H30N2O4/c1-3-20(2)32-25-15-9-21(10-16-25)27-19-26(29)28-22-11-13-24(14-12-22)31-18-17-30-23-7-5-4-6-8-23/h4-16,20,27H,3,17-19H2,1-2H3,(H,28,29). The Morgan fingerprint density at radius 1 is 0.781 bits per heavy atom. The molecule has 0 saturated carbocycles. The van der Waals surface area contributed by atoms with Crippen LogP contribution in [0.2, 0.25) is 0 Å². The minimum absolute atomic E-state index is 0.130. The van der Waals surface area contributed by atoms with Crippen LogP contribution in [-0.2, 0) is 4.79 Å². The van der Waals surface area contributed by atoms with Crippen molar-refractivity contribution in [1.82, 2.24) is 0 Å². The molecule has 1 atom stereocenters. The molecular weight excluding hydrogens is 404 g/mol. The molecule has 0 aliphatic heterocycles. The van der Waals surface area contributed by atoms with Gasteiger partial charge in [-0.25, -0.2) is 0 Å². The van der Waals surface area contributed by atoms with Crippen LogP contribution in [0.1, 0.15) is 20.3 Å². The van der Waals surface area contributed by atoms with Crippen molar-refractivity contribution in [2.24, 2.45) is 0 Å². The van der Waals surface area contributed by atoms with Crippen LogP contribution in [0.4, 0.5) is 11.4 Å². The molecule has 168 valence electrons. The molecular formula is C26H30N2O4. The number of carbonyl (C=O) groups excluding carboxylic acids is 1. The molecule has 0 fully saturated rings. The maximum Gasteiger partial charge on any atom is 0.243 e. The Morgan fingerprint density at radius 2 is 1.34 bits per heavy atom. The SMILES string of the molecule is CCC(C)Oc1ccc(NCC(=O)Nc2ccc(OCCOc3ccccc3)cc2)cc1. The third-order valence-corrected chi connectivity index (χ3v) is 4.72. The molecule has 6 nitrogen and oxygen atoms in total. The van der Waals surface area contributed by atoms with E-state index >= 15 is 0 Å². The molecule has 0 spiro atoms. The normalized spacial score (nSPS) is 11.3. The second-order valence-corrected chi connectivity index (χ2v) is 7.30. The fourth-order valence-corrected chi connectivity index (χ4v) is 2.82. The van der Waals surface area contributed by atoms with Gasteiger partial charge < -0.3 is 24.8 Å². The van der Waals surface area contributed by atoms with Crippen LogP contribution in [0.3, 0.4) is 0 Å². The van der Waals surface area contributed by atoms with Gasteiger partial charge in [-0.05, 0) is 74.0 Å². The van der Waals surface area contributed by atoms with Gasteiger partial charge in [-0.3, -0.25) is 4.79 Å². The summed E-state index contributed by atoms with van der Waals surface area (Å²) in [5.41, 5.74) is 1.57. The van der Waals surface area contributed by atoms with Gasteiger partial charge in [0.05, 0.1) is 12.6 Å². The molecule has 6 heteroatoms. The van der Waals surface area contributed by atoms with Crippen LogP contribution in [-0.4, -0.2) is 31.8 Å². The lowest BCUT2D eigenvalue weighted by atomic mass is 10.2. The van der Waals surface area contributed by atoms with Crippen molar-refractivity contribution < 1.29 is 19.0 Å². The maximum absolute atomic E-state index is 12.2. The van der Waals surface area contributed by atoms with Crippen LogP contribution in [0.5, 0.6) is 17.2 Å². The van der Waals surface area contributed by atoms with Crippen molar-refractivity contribution >= 4 is 17.3 Å². The van der Waals surface area contributed by atoms with Crippen LogP contribution >= 0.6 is 0 Å². The highest BCUT2D eigenvalue weighted by atomic mass is 16.5. The zero-order valence-electron chi connectivity index (χ0n) is 18.5. The van der Waals surface area contributed by atoms with Gasteiger partial charge in [-0.2, -0.15) is 0 Å². The van der Waals surface area contributed by atoms with Gasteiger partial charge in [0.2, 0.25) is 5.91 Å². The molecule has 3 aromatic rings. The first-order valence-corrected chi connectivity index (χ1v) is 10.8. The average Bonchev–Trinajstić information content (AvgIpc) is 2.83. The molecule has 0 saturated heterocycles. The lowest BCUT2D eigenvalue weighted by molar-refractivity contribution is -0.114. The summed E-state index contributed by atoms with van der Waals surface area (Å²) < 4.78 is 17.0. The number of carbonyl (C=O) groups is 1. The van der Waals surface area contributed by atoms with Crippen molar-refractivity contribution in [3.05, 3.63) is 78.9 Å². The lowest BCUT2D eigenvalue weighted by Gasteiger charge is -2.13. The minimum Gasteiger partial charge on any atom is -0.491 e. The van der Waals surface area contributed by atoms with Crippen LogP contribution < -0.4 is 24.8 Å². The summed E-state index contributed by atoms with van der Waals surface area (Å²) in [6.07, 6.45) is 1.13. The van der Waals surface area contributed by atoms with Gasteiger partial charge in [0, 0.05) is 11.4 Å². The molecule has 0 aliphatic carbocycles. The Morgan fingerprint density at radius 3 is 1.97 bits per heavy atom. The van der Waals surface area contributed by atoms with E-state index in [1.807, 2.05) is 85.8 Å². The first kappa shape index (κ1) is 23.0. The Hall–Kier alpha value is -3.67. The van der Waals surface area contributed by atoms with E-state index in [1.54, 1.807) is 0 Å². The fourth-order valence-electron chi connectivity index (χ4n) is 2.82. The lowest BCUT2D eigenvalue weighted by Crippen LogP contribution is -2.21. The van der Waals surface area contributed by atoms with E-state index in [9.17, 15) is 4.79 Å². The number of nitrogens with one attached hydrogen (secondary N) is 2. The molecule has 0 heterocycles. The van der Waals surface area contributed by atoms with Crippen molar-refractivity contribution in [3.8, 4) is 17.2 Å². The van der Waals surface area contributed by atoms with Gasteiger partial charge in [-0.1, -0.05) is 25.1 Å². The zero-order valence-corrected chi connectivity index (χ0v) is 18.5. The van der Waals surface area contributed by atoms with Crippen LogP contribution in [0.15, 0.2) is 78.9 Å². The quantitative estimate of drug-likeness (QED) is 0.375. The number of hydrogen-bond acceptors (Lipinski definition) is 5. The fraction of sp³-hybridized carbons (Fsp3) is 0.269. The molecule has 3 rings (SSSR count). The summed E-state index contributed by atoms with van der Waals surface area (Å²) in [6, 6.07) is 24.5. The average molecular weight is 435 g/mol. The first-order valence-electron chi connectivity index (χ1n) is 10.8. The van der Waals surface area contributed by atoms with E-state index < -0.39 is 0 Å². The minimum atomic E-state index is -0.130. The molecule has 0 aliphatic rings. The number of para-hydroxylation sites is 1. The summed E-state index contributed by atoms with van der Waals surface area (Å²) in [5.74, 6) is 2.23. The van der Waals surface area contributed by atoms with E-state index in [0.29, 0.717) is 18.9 Å². The summed E-state index contributed by atoms with van der Waals surface area (Å²) in [7, 11) is 0. The third-order valence-electron chi connectivity index (χ3n) is 4.72. The number of rotatable bonds is 12. The van der Waals surface area contributed by atoms with Crippen molar-refractivity contribution in [2.45, 2.75) is 26.4 Å². The highest BCUT2D eigenvalue weighted by Gasteiger charge is 2.05. The monoisotopic (exact) mass is 434 g/mol. The Labute approximate surface area is 189 Å². The van der Waals surface area contributed by atoms with E-state index in [1.165, 1.54) is 0 Å². The Bertz CT molecular complexity index is 944. The molecule has 32 heavy (non-hydrogen) atoms. The second-order valence-electron chi connectivity index (χ2n) is 7.30. The number of anilines is 2. The molecule has 2 N–H and O–H groups in total. The summed E-state index contributed by atoms with van der Waals surface area (Å²) in [4.78, 5) is 12.2. The Balaban J connectivity index is 1.36. The van der Waals surface area contributed by atoms with E-state index in [2.05, 4.69) is 17.6 Å². The maximum atomic E-state index is 12.2. The largest absolute Gasteiger partial charge is 0.491 e.